The number of hydrogen-bond acceptors (Lipinski definition) is 4. The molecule has 5 nitrogen and oxygen atoms in total. The number of amides is 1. The summed E-state index contributed by atoms with van der Waals surface area (Å²) >= 11 is 0. The van der Waals surface area contributed by atoms with Crippen molar-refractivity contribution in [3.8, 4) is 17.6 Å². The molecule has 0 aliphatic carbocycles. The Morgan fingerprint density at radius 3 is 2.71 bits per heavy atom. The van der Waals surface area contributed by atoms with E-state index >= 15 is 0 Å². The summed E-state index contributed by atoms with van der Waals surface area (Å²) in [6.07, 6.45) is 3.21. The summed E-state index contributed by atoms with van der Waals surface area (Å²) in [7, 11) is 0. The lowest BCUT2D eigenvalue weighted by Gasteiger charge is -2.12. The summed E-state index contributed by atoms with van der Waals surface area (Å²) in [6.45, 7) is 2.12. The lowest BCUT2D eigenvalue weighted by atomic mass is 10.1. The highest BCUT2D eigenvalue weighted by Gasteiger charge is 2.12. The number of nitrogens with one attached hydrogen (secondary N) is 1. The Hall–Kier alpha value is -3.26. The molecule has 0 fully saturated rings. The van der Waals surface area contributed by atoms with Crippen molar-refractivity contribution in [3.63, 3.8) is 0 Å². The van der Waals surface area contributed by atoms with Crippen molar-refractivity contribution >= 4 is 12.0 Å². The molecule has 1 atom stereocenters. The first kappa shape index (κ1) is 15.6. The van der Waals surface area contributed by atoms with E-state index in [1.54, 1.807) is 18.2 Å². The molecule has 0 aromatic heterocycles. The molecule has 5 heteroatoms. The maximum absolute atomic E-state index is 12.1. The molecular weight excluding hydrogens is 304 g/mol. The molecule has 1 unspecified atom stereocenters. The van der Waals surface area contributed by atoms with Crippen molar-refractivity contribution in [3.05, 3.63) is 65.2 Å². The van der Waals surface area contributed by atoms with Gasteiger partial charge < -0.3 is 14.8 Å². The Balaban J connectivity index is 1.61. The van der Waals surface area contributed by atoms with Crippen LogP contribution < -0.4 is 14.8 Å². The van der Waals surface area contributed by atoms with E-state index in [0.29, 0.717) is 17.1 Å². The number of ether oxygens (including phenoxy) is 2. The van der Waals surface area contributed by atoms with Crippen LogP contribution in [-0.4, -0.2) is 12.7 Å². The van der Waals surface area contributed by atoms with Gasteiger partial charge in [-0.05, 0) is 48.4 Å². The van der Waals surface area contributed by atoms with Gasteiger partial charge in [-0.1, -0.05) is 18.2 Å². The molecule has 0 saturated heterocycles. The van der Waals surface area contributed by atoms with E-state index in [4.69, 9.17) is 14.7 Å². The second-order valence-electron chi connectivity index (χ2n) is 5.41. The standard InChI is InChI=1S/C19H16N2O3/c1-13(16-6-2-15(11-20)3-7-16)21-19(22)9-5-14-4-8-17-18(10-14)24-12-23-17/h2-10,13H,12H2,1H3,(H,21,22)/b9-5+. The molecule has 1 aliphatic rings. The van der Waals surface area contributed by atoms with E-state index < -0.39 is 0 Å². The van der Waals surface area contributed by atoms with Crippen LogP contribution in [0.4, 0.5) is 0 Å². The predicted octanol–water partition coefficient (Wildman–Crippen LogP) is 3.18. The zero-order valence-electron chi connectivity index (χ0n) is 13.2. The van der Waals surface area contributed by atoms with E-state index in [0.717, 1.165) is 11.1 Å². The van der Waals surface area contributed by atoms with E-state index in [1.165, 1.54) is 6.08 Å². The summed E-state index contributed by atoms with van der Waals surface area (Å²) in [6, 6.07) is 14.6. The average molecular weight is 320 g/mol. The fourth-order valence-corrected chi connectivity index (χ4v) is 2.38. The molecular formula is C19H16N2O3. The van der Waals surface area contributed by atoms with Gasteiger partial charge in [-0.2, -0.15) is 5.26 Å². The molecule has 3 rings (SSSR count). The van der Waals surface area contributed by atoms with Gasteiger partial charge in [0.05, 0.1) is 17.7 Å². The Labute approximate surface area is 140 Å². The summed E-state index contributed by atoms with van der Waals surface area (Å²) in [5.74, 6) is 1.21. The number of rotatable bonds is 4. The van der Waals surface area contributed by atoms with Crippen LogP contribution >= 0.6 is 0 Å². The Morgan fingerprint density at radius 2 is 1.96 bits per heavy atom. The Bertz CT molecular complexity index is 819. The van der Waals surface area contributed by atoms with Gasteiger partial charge in [0.1, 0.15) is 0 Å². The molecule has 120 valence electrons. The van der Waals surface area contributed by atoms with E-state index in [-0.39, 0.29) is 18.7 Å². The van der Waals surface area contributed by atoms with Gasteiger partial charge in [0.15, 0.2) is 11.5 Å². The maximum atomic E-state index is 12.1. The van der Waals surface area contributed by atoms with Crippen molar-refractivity contribution in [2.75, 3.05) is 6.79 Å². The highest BCUT2D eigenvalue weighted by molar-refractivity contribution is 5.92. The third kappa shape index (κ3) is 3.55. The second-order valence-corrected chi connectivity index (χ2v) is 5.41. The van der Waals surface area contributed by atoms with Crippen molar-refractivity contribution in [2.45, 2.75) is 13.0 Å². The number of carbonyl (C=O) groups is 1. The van der Waals surface area contributed by atoms with Gasteiger partial charge in [-0.25, -0.2) is 0 Å². The molecule has 1 heterocycles. The van der Waals surface area contributed by atoms with Crippen LogP contribution in [0.15, 0.2) is 48.5 Å². The fraction of sp³-hybridized carbons (Fsp3) is 0.158. The first-order chi connectivity index (χ1) is 11.7. The molecule has 1 amide bonds. The van der Waals surface area contributed by atoms with Gasteiger partial charge in [0, 0.05) is 6.08 Å². The van der Waals surface area contributed by atoms with Crippen molar-refractivity contribution < 1.29 is 14.3 Å². The molecule has 0 bridgehead atoms. The highest BCUT2D eigenvalue weighted by atomic mass is 16.7. The molecule has 0 saturated carbocycles. The highest BCUT2D eigenvalue weighted by Crippen LogP contribution is 2.32. The van der Waals surface area contributed by atoms with E-state index in [1.807, 2.05) is 37.3 Å². The molecule has 24 heavy (non-hydrogen) atoms. The quantitative estimate of drug-likeness (QED) is 0.878. The normalized spacial score (nSPS) is 13.5. The number of nitriles is 1. The monoisotopic (exact) mass is 320 g/mol. The smallest absolute Gasteiger partial charge is 0.244 e. The molecule has 2 aromatic carbocycles. The SMILES string of the molecule is CC(NC(=O)/C=C/c1ccc2c(c1)OCO2)c1ccc(C#N)cc1. The molecule has 2 aromatic rings. The third-order valence-corrected chi connectivity index (χ3v) is 3.72. The number of carbonyl (C=O) groups excluding carboxylic acids is 1. The van der Waals surface area contributed by atoms with Crippen LogP contribution in [0.5, 0.6) is 11.5 Å². The number of fused-ring (bicyclic) bond motifs is 1. The van der Waals surface area contributed by atoms with Crippen LogP contribution in [-0.2, 0) is 4.79 Å². The van der Waals surface area contributed by atoms with Crippen LogP contribution in [0.3, 0.4) is 0 Å². The average Bonchev–Trinajstić information content (AvgIpc) is 3.07. The number of benzene rings is 2. The lowest BCUT2D eigenvalue weighted by Crippen LogP contribution is -2.24. The van der Waals surface area contributed by atoms with E-state index in [2.05, 4.69) is 11.4 Å². The third-order valence-electron chi connectivity index (χ3n) is 3.72. The van der Waals surface area contributed by atoms with Gasteiger partial charge >= 0.3 is 0 Å². The Morgan fingerprint density at radius 1 is 1.21 bits per heavy atom. The molecule has 0 radical (unpaired) electrons. The largest absolute Gasteiger partial charge is 0.454 e. The minimum atomic E-state index is -0.190. The number of hydrogen-bond donors (Lipinski definition) is 1. The fourth-order valence-electron chi connectivity index (χ4n) is 2.38. The zero-order valence-corrected chi connectivity index (χ0v) is 13.2. The summed E-state index contributed by atoms with van der Waals surface area (Å²) in [4.78, 5) is 12.1. The topological polar surface area (TPSA) is 71.3 Å². The predicted molar refractivity (Wildman–Crippen MR) is 89.3 cm³/mol. The van der Waals surface area contributed by atoms with Gasteiger partial charge in [0.25, 0.3) is 0 Å². The number of nitrogens with zero attached hydrogens (tertiary/aromatic N) is 1. The van der Waals surface area contributed by atoms with Gasteiger partial charge in [-0.3, -0.25) is 4.79 Å². The zero-order chi connectivity index (χ0) is 16.9. The summed E-state index contributed by atoms with van der Waals surface area (Å²) in [5, 5.41) is 11.7. The Kier molecular flexibility index (Phi) is 4.48. The van der Waals surface area contributed by atoms with Crippen LogP contribution in [0.25, 0.3) is 6.08 Å². The van der Waals surface area contributed by atoms with Crippen LogP contribution in [0.2, 0.25) is 0 Å². The summed E-state index contributed by atoms with van der Waals surface area (Å²) in [5.41, 5.74) is 2.40. The van der Waals surface area contributed by atoms with Crippen LogP contribution in [0, 0.1) is 11.3 Å². The van der Waals surface area contributed by atoms with Crippen molar-refractivity contribution in [1.82, 2.24) is 5.32 Å². The van der Waals surface area contributed by atoms with E-state index in [9.17, 15) is 4.79 Å². The minimum Gasteiger partial charge on any atom is -0.454 e. The lowest BCUT2D eigenvalue weighted by molar-refractivity contribution is -0.117. The second kappa shape index (κ2) is 6.88. The first-order valence-electron chi connectivity index (χ1n) is 7.54. The summed E-state index contributed by atoms with van der Waals surface area (Å²) < 4.78 is 10.6. The van der Waals surface area contributed by atoms with Gasteiger partial charge in [-0.15, -0.1) is 0 Å². The van der Waals surface area contributed by atoms with Gasteiger partial charge in [0.2, 0.25) is 12.7 Å². The molecule has 1 aliphatic heterocycles. The minimum absolute atomic E-state index is 0.147. The van der Waals surface area contributed by atoms with Crippen LogP contribution in [0.1, 0.15) is 29.7 Å². The van der Waals surface area contributed by atoms with Crippen molar-refractivity contribution in [2.24, 2.45) is 0 Å². The molecule has 0 spiro atoms. The first-order valence-corrected chi connectivity index (χ1v) is 7.54. The maximum Gasteiger partial charge on any atom is 0.244 e. The molecule has 1 N–H and O–H groups in total. The van der Waals surface area contributed by atoms with Crippen molar-refractivity contribution in [1.29, 1.82) is 5.26 Å².